The number of hydrogen-bond donors (Lipinski definition) is 1. The molecule has 116 valence electrons. The molecule has 2 aromatic heterocycles. The molecule has 5 heteroatoms. The van der Waals surface area contributed by atoms with Crippen LogP contribution < -0.4 is 5.32 Å². The number of rotatable bonds is 3. The van der Waals surface area contributed by atoms with Crippen molar-refractivity contribution < 1.29 is 4.79 Å². The van der Waals surface area contributed by atoms with Gasteiger partial charge in [-0.3, -0.25) is 9.78 Å². The first-order chi connectivity index (χ1) is 11.8. The molecule has 2 heterocycles. The number of anilines is 1. The zero-order valence-corrected chi connectivity index (χ0v) is 13.5. The maximum absolute atomic E-state index is 12.1. The number of carbonyl (C=O) groups excluding carboxylic acids is 1. The van der Waals surface area contributed by atoms with Crippen molar-refractivity contribution in [1.82, 2.24) is 9.97 Å². The number of thiazole rings is 1. The quantitative estimate of drug-likeness (QED) is 0.596. The number of nitrogens with one attached hydrogen (secondary N) is 1. The van der Waals surface area contributed by atoms with E-state index in [1.165, 1.54) is 16.7 Å². The predicted molar refractivity (Wildman–Crippen MR) is 97.2 cm³/mol. The maximum atomic E-state index is 12.1. The highest BCUT2D eigenvalue weighted by Gasteiger charge is 2.09. The summed E-state index contributed by atoms with van der Waals surface area (Å²) in [5, 5.41) is 5.17. The number of nitrogens with zero attached hydrogens (tertiary/aromatic N) is 2. The van der Waals surface area contributed by atoms with Crippen LogP contribution in [0, 0.1) is 0 Å². The van der Waals surface area contributed by atoms with Crippen molar-refractivity contribution in [3.8, 4) is 11.3 Å². The number of aromatic nitrogens is 2. The Morgan fingerprint density at radius 1 is 0.958 bits per heavy atom. The Morgan fingerprint density at radius 3 is 2.67 bits per heavy atom. The Morgan fingerprint density at radius 2 is 1.83 bits per heavy atom. The number of fused-ring (bicyclic) bond motifs is 1. The van der Waals surface area contributed by atoms with Crippen molar-refractivity contribution in [3.05, 3.63) is 77.2 Å². The van der Waals surface area contributed by atoms with Crippen molar-refractivity contribution in [1.29, 1.82) is 0 Å². The summed E-state index contributed by atoms with van der Waals surface area (Å²) in [6, 6.07) is 20.0. The van der Waals surface area contributed by atoms with Gasteiger partial charge in [0.1, 0.15) is 10.7 Å². The van der Waals surface area contributed by atoms with Gasteiger partial charge in [-0.1, -0.05) is 42.5 Å². The van der Waals surface area contributed by atoms with Crippen LogP contribution in [0.4, 0.5) is 5.82 Å². The first-order valence-corrected chi connectivity index (χ1v) is 8.34. The molecule has 0 radical (unpaired) electrons. The van der Waals surface area contributed by atoms with E-state index in [0.29, 0.717) is 10.7 Å². The molecule has 4 nitrogen and oxygen atoms in total. The Hall–Kier alpha value is -3.05. The zero-order chi connectivity index (χ0) is 16.4. The molecule has 0 unspecified atom stereocenters. The summed E-state index contributed by atoms with van der Waals surface area (Å²) in [5.74, 6) is 0.333. The lowest BCUT2D eigenvalue weighted by Crippen LogP contribution is -2.11. The molecule has 2 aromatic carbocycles. The van der Waals surface area contributed by atoms with Crippen LogP contribution in [0.1, 0.15) is 9.67 Å². The third-order valence-electron chi connectivity index (χ3n) is 3.69. The van der Waals surface area contributed by atoms with Crippen LogP contribution >= 0.6 is 11.3 Å². The molecule has 4 aromatic rings. The van der Waals surface area contributed by atoms with E-state index in [1.807, 2.05) is 30.3 Å². The van der Waals surface area contributed by atoms with Gasteiger partial charge >= 0.3 is 0 Å². The molecule has 0 aliphatic carbocycles. The van der Waals surface area contributed by atoms with Crippen molar-refractivity contribution in [2.75, 3.05) is 5.32 Å². The van der Waals surface area contributed by atoms with Crippen molar-refractivity contribution >= 4 is 33.8 Å². The SMILES string of the molecule is O=C(Nc1cccc(-c2ccc3ccccc3c2)n1)c1cncs1. The lowest BCUT2D eigenvalue weighted by molar-refractivity contribution is 0.103. The third kappa shape index (κ3) is 2.89. The van der Waals surface area contributed by atoms with E-state index in [1.54, 1.807) is 17.8 Å². The average molecular weight is 331 g/mol. The van der Waals surface area contributed by atoms with Crippen LogP contribution in [0.2, 0.25) is 0 Å². The van der Waals surface area contributed by atoms with Gasteiger partial charge in [0.05, 0.1) is 17.4 Å². The Bertz CT molecular complexity index is 1010. The van der Waals surface area contributed by atoms with E-state index in [0.717, 1.165) is 16.6 Å². The van der Waals surface area contributed by atoms with Gasteiger partial charge in [0, 0.05) is 5.56 Å². The van der Waals surface area contributed by atoms with Gasteiger partial charge in [0.25, 0.3) is 5.91 Å². The number of hydrogen-bond acceptors (Lipinski definition) is 4. The first-order valence-electron chi connectivity index (χ1n) is 7.46. The van der Waals surface area contributed by atoms with E-state index in [2.05, 4.69) is 39.6 Å². The second-order valence-electron chi connectivity index (χ2n) is 5.29. The van der Waals surface area contributed by atoms with Gasteiger partial charge < -0.3 is 5.32 Å². The molecule has 0 bridgehead atoms. The molecule has 1 N–H and O–H groups in total. The fourth-order valence-corrected chi connectivity index (χ4v) is 3.03. The number of pyridine rings is 1. The van der Waals surface area contributed by atoms with Gasteiger partial charge in [0.15, 0.2) is 0 Å². The van der Waals surface area contributed by atoms with Gasteiger partial charge in [-0.25, -0.2) is 4.98 Å². The Labute approximate surface area is 142 Å². The zero-order valence-electron chi connectivity index (χ0n) is 12.6. The molecule has 0 aliphatic heterocycles. The topological polar surface area (TPSA) is 54.9 Å². The van der Waals surface area contributed by atoms with E-state index in [-0.39, 0.29) is 5.91 Å². The molecule has 0 atom stereocenters. The van der Waals surface area contributed by atoms with Crippen LogP contribution in [0.3, 0.4) is 0 Å². The summed E-state index contributed by atoms with van der Waals surface area (Å²) in [5.41, 5.74) is 3.47. The minimum Gasteiger partial charge on any atom is -0.306 e. The maximum Gasteiger partial charge on any atom is 0.268 e. The molecular formula is C19H13N3OS. The monoisotopic (exact) mass is 331 g/mol. The molecule has 0 saturated carbocycles. The lowest BCUT2D eigenvalue weighted by Gasteiger charge is -2.07. The van der Waals surface area contributed by atoms with Gasteiger partial charge in [-0.05, 0) is 29.0 Å². The second-order valence-corrected chi connectivity index (χ2v) is 6.18. The number of carbonyl (C=O) groups is 1. The lowest BCUT2D eigenvalue weighted by atomic mass is 10.0. The minimum atomic E-state index is -0.194. The highest BCUT2D eigenvalue weighted by Crippen LogP contribution is 2.24. The smallest absolute Gasteiger partial charge is 0.268 e. The summed E-state index contributed by atoms with van der Waals surface area (Å²) >= 11 is 1.30. The summed E-state index contributed by atoms with van der Waals surface area (Å²) in [6.45, 7) is 0. The molecule has 0 aliphatic rings. The predicted octanol–water partition coefficient (Wildman–Crippen LogP) is 4.61. The number of benzene rings is 2. The molecule has 0 fully saturated rings. The van der Waals surface area contributed by atoms with Crippen LogP contribution in [-0.2, 0) is 0 Å². The molecule has 4 rings (SSSR count). The summed E-state index contributed by atoms with van der Waals surface area (Å²) in [7, 11) is 0. The number of amides is 1. The van der Waals surface area contributed by atoms with Crippen molar-refractivity contribution in [2.45, 2.75) is 0 Å². The summed E-state index contributed by atoms with van der Waals surface area (Å²) in [6.07, 6.45) is 1.55. The second kappa shape index (κ2) is 6.22. The third-order valence-corrected chi connectivity index (χ3v) is 4.46. The van der Waals surface area contributed by atoms with Crippen LogP contribution in [0.25, 0.3) is 22.0 Å². The highest BCUT2D eigenvalue weighted by molar-refractivity contribution is 7.11. The first kappa shape index (κ1) is 14.5. The molecular weight excluding hydrogens is 318 g/mol. The van der Waals surface area contributed by atoms with Gasteiger partial charge in [0.2, 0.25) is 0 Å². The van der Waals surface area contributed by atoms with Crippen LogP contribution in [-0.4, -0.2) is 15.9 Å². The van der Waals surface area contributed by atoms with Gasteiger partial charge in [-0.2, -0.15) is 0 Å². The molecule has 24 heavy (non-hydrogen) atoms. The normalized spacial score (nSPS) is 10.7. The van der Waals surface area contributed by atoms with E-state index >= 15 is 0 Å². The standard InChI is InChI=1S/C19H13N3OS/c23-19(17-11-20-12-24-17)22-18-7-3-6-16(21-18)15-9-8-13-4-1-2-5-14(13)10-15/h1-12H,(H,21,22,23). The van der Waals surface area contributed by atoms with E-state index < -0.39 is 0 Å². The fraction of sp³-hybridized carbons (Fsp3) is 0. The van der Waals surface area contributed by atoms with Crippen molar-refractivity contribution in [2.24, 2.45) is 0 Å². The molecule has 1 amide bonds. The van der Waals surface area contributed by atoms with Gasteiger partial charge in [-0.15, -0.1) is 11.3 Å². The molecule has 0 saturated heterocycles. The largest absolute Gasteiger partial charge is 0.306 e. The molecule has 0 spiro atoms. The average Bonchev–Trinajstić information content (AvgIpc) is 3.16. The highest BCUT2D eigenvalue weighted by atomic mass is 32.1. The van der Waals surface area contributed by atoms with Crippen LogP contribution in [0.15, 0.2) is 72.4 Å². The van der Waals surface area contributed by atoms with E-state index in [9.17, 15) is 4.79 Å². The van der Waals surface area contributed by atoms with Crippen molar-refractivity contribution in [3.63, 3.8) is 0 Å². The summed E-state index contributed by atoms with van der Waals surface area (Å²) in [4.78, 5) is 21.1. The minimum absolute atomic E-state index is 0.194. The van der Waals surface area contributed by atoms with Crippen LogP contribution in [0.5, 0.6) is 0 Å². The fourth-order valence-electron chi connectivity index (χ4n) is 2.52. The van der Waals surface area contributed by atoms with E-state index in [4.69, 9.17) is 0 Å². The summed E-state index contributed by atoms with van der Waals surface area (Å²) < 4.78 is 0. The Balaban J connectivity index is 1.65. The Kier molecular flexibility index (Phi) is 3.76.